The summed E-state index contributed by atoms with van der Waals surface area (Å²) in [5, 5.41) is 0. The van der Waals surface area contributed by atoms with Crippen LogP contribution in [0.15, 0.2) is 48.5 Å². The van der Waals surface area contributed by atoms with Crippen LogP contribution in [-0.2, 0) is 18.4 Å². The van der Waals surface area contributed by atoms with Crippen molar-refractivity contribution in [3.8, 4) is 0 Å². The largest absolute Gasteiger partial charge is 0.286 e. The molecule has 0 aliphatic carbocycles. The molecule has 2 heterocycles. The molecule has 0 aromatic heterocycles. The minimum Gasteiger partial charge on any atom is -0.286 e. The third kappa shape index (κ3) is 1.47. The third-order valence-corrected chi connectivity index (χ3v) is 5.32. The first-order valence-corrected chi connectivity index (χ1v) is 7.67. The van der Waals surface area contributed by atoms with E-state index in [2.05, 4.69) is 67.3 Å². The Labute approximate surface area is 121 Å². The van der Waals surface area contributed by atoms with Crippen LogP contribution in [0.25, 0.3) is 0 Å². The Morgan fingerprint density at radius 3 is 2.55 bits per heavy atom. The van der Waals surface area contributed by atoms with Crippen molar-refractivity contribution in [2.24, 2.45) is 0 Å². The van der Waals surface area contributed by atoms with Gasteiger partial charge in [-0.25, -0.2) is 0 Å². The summed E-state index contributed by atoms with van der Waals surface area (Å²) in [4.78, 5) is 2.71. The van der Waals surface area contributed by atoms with Crippen molar-refractivity contribution in [1.29, 1.82) is 0 Å². The Bertz CT molecular complexity index is 660. The summed E-state index contributed by atoms with van der Waals surface area (Å²) < 4.78 is 0. The lowest BCUT2D eigenvalue weighted by Gasteiger charge is -2.37. The van der Waals surface area contributed by atoms with Crippen LogP contribution in [0, 0.1) is 0 Å². The van der Waals surface area contributed by atoms with Crippen molar-refractivity contribution in [2.75, 3.05) is 6.54 Å². The number of hydrogen-bond acceptors (Lipinski definition) is 1. The zero-order valence-electron chi connectivity index (χ0n) is 12.3. The van der Waals surface area contributed by atoms with Gasteiger partial charge in [-0.1, -0.05) is 55.5 Å². The molecule has 0 saturated heterocycles. The van der Waals surface area contributed by atoms with E-state index in [0.717, 1.165) is 19.4 Å². The van der Waals surface area contributed by atoms with E-state index in [1.165, 1.54) is 11.1 Å². The second-order valence-corrected chi connectivity index (χ2v) is 6.31. The van der Waals surface area contributed by atoms with Gasteiger partial charge in [0.25, 0.3) is 0 Å². The van der Waals surface area contributed by atoms with Crippen LogP contribution < -0.4 is 0 Å². The smallest absolute Gasteiger partial charge is 0.0482 e. The normalized spacial score (nSPS) is 27.8. The van der Waals surface area contributed by atoms with Gasteiger partial charge in [0.2, 0.25) is 0 Å². The van der Waals surface area contributed by atoms with Crippen molar-refractivity contribution in [3.05, 3.63) is 70.8 Å². The van der Waals surface area contributed by atoms with E-state index in [1.54, 1.807) is 11.1 Å². The van der Waals surface area contributed by atoms with E-state index < -0.39 is 0 Å². The van der Waals surface area contributed by atoms with E-state index in [9.17, 15) is 0 Å². The Hall–Kier alpha value is -1.60. The van der Waals surface area contributed by atoms with Crippen LogP contribution in [-0.4, -0.2) is 11.4 Å². The molecule has 0 fully saturated rings. The summed E-state index contributed by atoms with van der Waals surface area (Å²) in [5.74, 6) is 0. The van der Waals surface area contributed by atoms with Gasteiger partial charge in [-0.15, -0.1) is 0 Å². The maximum Gasteiger partial charge on any atom is 0.0482 e. The van der Waals surface area contributed by atoms with Crippen LogP contribution in [0.5, 0.6) is 0 Å². The second kappa shape index (κ2) is 4.20. The van der Waals surface area contributed by atoms with Gasteiger partial charge in [-0.3, -0.25) is 4.90 Å². The van der Waals surface area contributed by atoms with Crippen LogP contribution in [0.1, 0.15) is 42.1 Å². The molecule has 0 radical (unpaired) electrons. The highest BCUT2D eigenvalue weighted by atomic mass is 15.2. The Balaban J connectivity index is 1.95. The number of likely N-dealkylation sites (N-methyl/N-ethyl adjacent to an activating group) is 1. The summed E-state index contributed by atoms with van der Waals surface area (Å²) in [5.41, 5.74) is 6.31. The van der Waals surface area contributed by atoms with E-state index in [-0.39, 0.29) is 5.54 Å². The van der Waals surface area contributed by atoms with Crippen LogP contribution >= 0.6 is 0 Å². The monoisotopic (exact) mass is 263 g/mol. The third-order valence-electron chi connectivity index (χ3n) is 5.32. The number of nitrogens with zero attached hydrogens (tertiary/aromatic N) is 1. The predicted molar refractivity (Wildman–Crippen MR) is 82.8 cm³/mol. The minimum atomic E-state index is 0.155. The van der Waals surface area contributed by atoms with Crippen LogP contribution in [0.3, 0.4) is 0 Å². The molecule has 2 aliphatic rings. The molecule has 0 spiro atoms. The standard InChI is InChI=1S/C19H21N/c1-3-20-18-12-14-8-4-5-9-15(14)13-19(20,2)17-11-7-6-10-16(17)18/h4-11,18H,3,12-13H2,1-2H3/t18-,19+/m1/s1. The van der Waals surface area contributed by atoms with E-state index in [4.69, 9.17) is 0 Å². The van der Waals surface area contributed by atoms with Gasteiger partial charge < -0.3 is 0 Å². The van der Waals surface area contributed by atoms with Gasteiger partial charge in [0.1, 0.15) is 0 Å². The molecule has 0 saturated carbocycles. The molecule has 0 unspecified atom stereocenters. The highest BCUT2D eigenvalue weighted by Crippen LogP contribution is 2.51. The minimum absolute atomic E-state index is 0.155. The maximum atomic E-state index is 2.71. The molecule has 0 N–H and O–H groups in total. The lowest BCUT2D eigenvalue weighted by molar-refractivity contribution is 0.0919. The Morgan fingerprint density at radius 2 is 1.75 bits per heavy atom. The quantitative estimate of drug-likeness (QED) is 0.749. The molecule has 2 aromatic carbocycles. The summed E-state index contributed by atoms with van der Waals surface area (Å²) in [6, 6.07) is 18.6. The predicted octanol–water partition coefficient (Wildman–Crippen LogP) is 4.08. The second-order valence-electron chi connectivity index (χ2n) is 6.31. The molecule has 102 valence electrons. The summed E-state index contributed by atoms with van der Waals surface area (Å²) >= 11 is 0. The van der Waals surface area contributed by atoms with Gasteiger partial charge >= 0.3 is 0 Å². The first kappa shape index (κ1) is 12.2. The van der Waals surface area contributed by atoms with Crippen LogP contribution in [0.4, 0.5) is 0 Å². The van der Waals surface area contributed by atoms with Crippen molar-refractivity contribution in [1.82, 2.24) is 4.90 Å². The molecule has 2 aliphatic heterocycles. The van der Waals surface area contributed by atoms with Gasteiger partial charge in [0, 0.05) is 11.6 Å². The highest BCUT2D eigenvalue weighted by Gasteiger charge is 2.47. The van der Waals surface area contributed by atoms with E-state index in [1.807, 2.05) is 0 Å². The fourth-order valence-corrected chi connectivity index (χ4v) is 4.44. The molecular formula is C19H21N. The highest BCUT2D eigenvalue weighted by molar-refractivity contribution is 5.46. The van der Waals surface area contributed by atoms with E-state index in [0.29, 0.717) is 6.04 Å². The van der Waals surface area contributed by atoms with Crippen LogP contribution in [0.2, 0.25) is 0 Å². The number of benzene rings is 2. The van der Waals surface area contributed by atoms with Crippen molar-refractivity contribution in [3.63, 3.8) is 0 Å². The summed E-state index contributed by atoms with van der Waals surface area (Å²) in [6.45, 7) is 5.84. The topological polar surface area (TPSA) is 3.24 Å². The molecule has 1 heteroatoms. The average Bonchev–Trinajstić information content (AvgIpc) is 2.62. The summed E-state index contributed by atoms with van der Waals surface area (Å²) in [6.07, 6.45) is 2.28. The molecule has 4 rings (SSSR count). The molecule has 1 nitrogen and oxygen atoms in total. The molecule has 2 atom stereocenters. The van der Waals surface area contributed by atoms with Gasteiger partial charge in [0.15, 0.2) is 0 Å². The fraction of sp³-hybridized carbons (Fsp3) is 0.368. The number of fused-ring (bicyclic) bond motifs is 6. The molecule has 2 aromatic rings. The Kier molecular flexibility index (Phi) is 2.55. The van der Waals surface area contributed by atoms with E-state index >= 15 is 0 Å². The molecule has 2 bridgehead atoms. The van der Waals surface area contributed by atoms with Gasteiger partial charge in [-0.2, -0.15) is 0 Å². The zero-order valence-corrected chi connectivity index (χ0v) is 12.3. The molecular weight excluding hydrogens is 242 g/mol. The lowest BCUT2D eigenvalue weighted by atomic mass is 9.82. The van der Waals surface area contributed by atoms with Gasteiger partial charge in [-0.05, 0) is 48.6 Å². The summed E-state index contributed by atoms with van der Waals surface area (Å²) in [7, 11) is 0. The first-order chi connectivity index (χ1) is 9.74. The first-order valence-electron chi connectivity index (χ1n) is 7.67. The maximum absolute atomic E-state index is 2.71. The lowest BCUT2D eigenvalue weighted by Crippen LogP contribution is -2.40. The average molecular weight is 263 g/mol. The fourth-order valence-electron chi connectivity index (χ4n) is 4.44. The van der Waals surface area contributed by atoms with Crippen molar-refractivity contribution >= 4 is 0 Å². The van der Waals surface area contributed by atoms with Crippen molar-refractivity contribution < 1.29 is 0 Å². The number of hydrogen-bond donors (Lipinski definition) is 0. The van der Waals surface area contributed by atoms with Crippen molar-refractivity contribution in [2.45, 2.75) is 38.3 Å². The Morgan fingerprint density at radius 1 is 1.05 bits per heavy atom. The molecule has 0 amide bonds. The number of rotatable bonds is 1. The SMILES string of the molecule is CCN1[C@@H]2Cc3ccccc3C[C@@]1(C)c1ccccc12. The molecule has 20 heavy (non-hydrogen) atoms. The zero-order chi connectivity index (χ0) is 13.7. The van der Waals surface area contributed by atoms with Gasteiger partial charge in [0.05, 0.1) is 0 Å².